The molecule has 1 N–H and O–H groups in total. The Morgan fingerprint density at radius 2 is 1.36 bits per heavy atom. The first-order valence-electron chi connectivity index (χ1n) is 10.7. The van der Waals surface area contributed by atoms with E-state index in [2.05, 4.69) is 11.4 Å². The minimum absolute atomic E-state index is 0.0873. The van der Waals surface area contributed by atoms with Gasteiger partial charge in [0.1, 0.15) is 13.2 Å². The van der Waals surface area contributed by atoms with E-state index in [4.69, 9.17) is 9.26 Å². The van der Waals surface area contributed by atoms with Crippen LogP contribution >= 0.6 is 7.82 Å². The number of nitrogens with zero attached hydrogens (tertiary/aromatic N) is 1. The van der Waals surface area contributed by atoms with Gasteiger partial charge < -0.3 is 14.1 Å². The van der Waals surface area contributed by atoms with Crippen LogP contribution in [0.4, 0.5) is 0 Å². The van der Waals surface area contributed by atoms with Gasteiger partial charge in [-0.3, -0.25) is 9.32 Å². The first-order chi connectivity index (χ1) is 13.2. The SMILES string of the molecule is CCCCCCCCCCCCCC(=O)OCOP(=O)(O)OCC[N+](C)(C)C. The maximum Gasteiger partial charge on any atom is 0.475 e. The normalized spacial score (nSPS) is 14.0. The van der Waals surface area contributed by atoms with Gasteiger partial charge in [-0.05, 0) is 6.42 Å². The van der Waals surface area contributed by atoms with Crippen LogP contribution in [0, 0.1) is 0 Å². The van der Waals surface area contributed by atoms with Crippen molar-refractivity contribution in [2.75, 3.05) is 41.1 Å². The summed E-state index contributed by atoms with van der Waals surface area (Å²) in [6.07, 6.45) is 13.7. The molecule has 0 radical (unpaired) electrons. The van der Waals surface area contributed by atoms with Crippen LogP contribution < -0.4 is 0 Å². The van der Waals surface area contributed by atoms with Gasteiger partial charge in [-0.15, -0.1) is 0 Å². The summed E-state index contributed by atoms with van der Waals surface area (Å²) in [5.74, 6) is -0.415. The van der Waals surface area contributed by atoms with E-state index < -0.39 is 20.6 Å². The maximum absolute atomic E-state index is 11.7. The molecule has 168 valence electrons. The first kappa shape index (κ1) is 27.5. The number of carbonyl (C=O) groups is 1. The summed E-state index contributed by atoms with van der Waals surface area (Å²) in [5.41, 5.74) is 0. The largest absolute Gasteiger partial charge is 0.475 e. The third-order valence-corrected chi connectivity index (χ3v) is 5.38. The standard InChI is InChI=1S/C20H42NO6P/c1-5-6-7-8-9-10-11-12-13-14-15-16-20(22)25-19-27-28(23,24)26-18-17-21(2,3)4/h5-19H2,1-4H3/p+1. The molecule has 0 fully saturated rings. The molecular formula is C20H43NO6P+. The van der Waals surface area contributed by atoms with E-state index in [0.29, 0.717) is 17.4 Å². The molecule has 0 aromatic heterocycles. The van der Waals surface area contributed by atoms with Gasteiger partial charge in [-0.1, -0.05) is 71.1 Å². The smallest absolute Gasteiger partial charge is 0.438 e. The number of phosphoric acid groups is 1. The molecule has 28 heavy (non-hydrogen) atoms. The molecule has 1 unspecified atom stereocenters. The van der Waals surface area contributed by atoms with E-state index in [1.54, 1.807) is 0 Å². The predicted octanol–water partition coefficient (Wildman–Crippen LogP) is 5.03. The van der Waals surface area contributed by atoms with Crippen LogP contribution in [-0.2, 0) is 23.1 Å². The summed E-state index contributed by atoms with van der Waals surface area (Å²) >= 11 is 0. The van der Waals surface area contributed by atoms with Crippen molar-refractivity contribution in [2.24, 2.45) is 0 Å². The van der Waals surface area contributed by atoms with Crippen LogP contribution in [0.1, 0.15) is 84.0 Å². The average Bonchev–Trinajstić information content (AvgIpc) is 2.58. The molecule has 0 aliphatic heterocycles. The van der Waals surface area contributed by atoms with Crippen molar-refractivity contribution >= 4 is 13.8 Å². The highest BCUT2D eigenvalue weighted by atomic mass is 31.2. The van der Waals surface area contributed by atoms with Crippen molar-refractivity contribution in [3.8, 4) is 0 Å². The van der Waals surface area contributed by atoms with E-state index in [0.717, 1.165) is 19.3 Å². The monoisotopic (exact) mass is 424 g/mol. The Hall–Kier alpha value is -0.460. The van der Waals surface area contributed by atoms with E-state index in [1.807, 2.05) is 21.1 Å². The second kappa shape index (κ2) is 16.3. The average molecular weight is 425 g/mol. The summed E-state index contributed by atoms with van der Waals surface area (Å²) in [4.78, 5) is 21.1. The lowest BCUT2D eigenvalue weighted by Gasteiger charge is -2.23. The number of carbonyl (C=O) groups excluding carboxylic acids is 1. The Kier molecular flexibility index (Phi) is 16.1. The number of likely N-dealkylation sites (N-methyl/N-ethyl adjacent to an activating group) is 1. The molecule has 0 aromatic carbocycles. The van der Waals surface area contributed by atoms with Gasteiger partial charge in [0.05, 0.1) is 21.1 Å². The van der Waals surface area contributed by atoms with Crippen LogP contribution in [0.3, 0.4) is 0 Å². The molecule has 0 aromatic rings. The molecule has 0 heterocycles. The molecular weight excluding hydrogens is 381 g/mol. The Morgan fingerprint density at radius 1 is 0.857 bits per heavy atom. The molecule has 8 heteroatoms. The van der Waals surface area contributed by atoms with Gasteiger partial charge in [-0.25, -0.2) is 9.09 Å². The maximum atomic E-state index is 11.7. The van der Waals surface area contributed by atoms with Crippen LogP contribution in [-0.4, -0.2) is 56.4 Å². The molecule has 0 saturated carbocycles. The highest BCUT2D eigenvalue weighted by molar-refractivity contribution is 7.47. The lowest BCUT2D eigenvalue weighted by atomic mass is 10.1. The third kappa shape index (κ3) is 20.3. The predicted molar refractivity (Wildman–Crippen MR) is 112 cm³/mol. The summed E-state index contributed by atoms with van der Waals surface area (Å²) in [5, 5.41) is 0. The molecule has 7 nitrogen and oxygen atoms in total. The van der Waals surface area contributed by atoms with Gasteiger partial charge >= 0.3 is 13.8 Å². The van der Waals surface area contributed by atoms with Gasteiger partial charge in [0.25, 0.3) is 0 Å². The summed E-state index contributed by atoms with van der Waals surface area (Å²) in [6.45, 7) is 2.32. The van der Waals surface area contributed by atoms with E-state index in [9.17, 15) is 14.3 Å². The number of hydrogen-bond donors (Lipinski definition) is 1. The van der Waals surface area contributed by atoms with Crippen molar-refractivity contribution in [1.29, 1.82) is 0 Å². The highest BCUT2D eigenvalue weighted by Gasteiger charge is 2.23. The second-order valence-corrected chi connectivity index (χ2v) is 9.82. The lowest BCUT2D eigenvalue weighted by molar-refractivity contribution is -0.870. The van der Waals surface area contributed by atoms with Crippen LogP contribution in [0.2, 0.25) is 0 Å². The number of ether oxygens (including phenoxy) is 1. The Balaban J connectivity index is 3.51. The molecule has 1 atom stereocenters. The van der Waals surface area contributed by atoms with Crippen LogP contribution in [0.25, 0.3) is 0 Å². The van der Waals surface area contributed by atoms with Crippen LogP contribution in [0.15, 0.2) is 0 Å². The number of quaternary nitrogens is 1. The second-order valence-electron chi connectivity index (χ2n) is 8.36. The minimum atomic E-state index is -4.18. The zero-order chi connectivity index (χ0) is 21.3. The lowest BCUT2D eigenvalue weighted by Crippen LogP contribution is -2.37. The van der Waals surface area contributed by atoms with Crippen molar-refractivity contribution in [3.05, 3.63) is 0 Å². The molecule has 0 aliphatic rings. The zero-order valence-electron chi connectivity index (χ0n) is 18.5. The minimum Gasteiger partial charge on any atom is -0.438 e. The number of unbranched alkanes of at least 4 members (excludes halogenated alkanes) is 10. The van der Waals surface area contributed by atoms with Crippen molar-refractivity contribution < 1.29 is 32.5 Å². The zero-order valence-corrected chi connectivity index (χ0v) is 19.4. The number of hydrogen-bond acceptors (Lipinski definition) is 5. The first-order valence-corrected chi connectivity index (χ1v) is 12.2. The Bertz CT molecular complexity index is 439. The van der Waals surface area contributed by atoms with E-state index >= 15 is 0 Å². The van der Waals surface area contributed by atoms with Crippen molar-refractivity contribution in [3.63, 3.8) is 0 Å². The Labute approximate surface area is 171 Å². The Morgan fingerprint density at radius 3 is 1.86 bits per heavy atom. The quantitative estimate of drug-likeness (QED) is 0.103. The van der Waals surface area contributed by atoms with Gasteiger partial charge in [0.2, 0.25) is 6.79 Å². The third-order valence-electron chi connectivity index (χ3n) is 4.44. The van der Waals surface area contributed by atoms with E-state index in [1.165, 1.54) is 51.4 Å². The molecule has 0 rings (SSSR count). The molecule has 0 spiro atoms. The molecule has 0 aliphatic carbocycles. The number of esters is 1. The van der Waals surface area contributed by atoms with Gasteiger partial charge in [0, 0.05) is 6.42 Å². The van der Waals surface area contributed by atoms with Crippen LogP contribution in [0.5, 0.6) is 0 Å². The fourth-order valence-corrected chi connectivity index (χ4v) is 3.20. The summed E-state index contributed by atoms with van der Waals surface area (Å²) < 4.78 is 26.6. The summed E-state index contributed by atoms with van der Waals surface area (Å²) in [7, 11) is 1.66. The van der Waals surface area contributed by atoms with Gasteiger partial charge in [-0.2, -0.15) is 0 Å². The summed E-state index contributed by atoms with van der Waals surface area (Å²) in [6, 6.07) is 0. The van der Waals surface area contributed by atoms with Crippen molar-refractivity contribution in [1.82, 2.24) is 0 Å². The number of phosphoric ester groups is 1. The number of rotatable bonds is 19. The topological polar surface area (TPSA) is 82.1 Å². The van der Waals surface area contributed by atoms with Gasteiger partial charge in [0.15, 0.2) is 0 Å². The highest BCUT2D eigenvalue weighted by Crippen LogP contribution is 2.42. The molecule has 0 amide bonds. The molecule has 0 saturated heterocycles. The fraction of sp³-hybridized carbons (Fsp3) is 0.950. The fourth-order valence-electron chi connectivity index (χ4n) is 2.63. The van der Waals surface area contributed by atoms with Crippen molar-refractivity contribution in [2.45, 2.75) is 84.0 Å². The van der Waals surface area contributed by atoms with E-state index in [-0.39, 0.29) is 6.61 Å². The molecule has 0 bridgehead atoms.